The fraction of sp³-hybridized carbons (Fsp3) is 0.562. The molecule has 4 N–H and O–H groups in total. The molecule has 0 unspecified atom stereocenters. The third kappa shape index (κ3) is 4.65. The van der Waals surface area contributed by atoms with Crippen molar-refractivity contribution in [2.75, 3.05) is 11.9 Å². The number of benzene rings is 2. The van der Waals surface area contributed by atoms with Crippen molar-refractivity contribution in [3.8, 4) is 0 Å². The van der Waals surface area contributed by atoms with Crippen LogP contribution < -0.4 is 16.0 Å². The van der Waals surface area contributed by atoms with Gasteiger partial charge in [-0.25, -0.2) is 4.39 Å². The van der Waals surface area contributed by atoms with Crippen molar-refractivity contribution in [2.45, 2.75) is 100 Å². The molecular weight excluding hydrogens is 580 g/mol. The molecule has 2 aromatic rings. The van der Waals surface area contributed by atoms with Crippen LogP contribution in [-0.2, 0) is 19.7 Å². The van der Waals surface area contributed by atoms with Crippen LogP contribution in [0.3, 0.4) is 0 Å². The zero-order chi connectivity index (χ0) is 30.0. The van der Waals surface area contributed by atoms with Crippen LogP contribution in [0.2, 0.25) is 10.0 Å². The van der Waals surface area contributed by atoms with Crippen molar-refractivity contribution in [3.05, 3.63) is 63.4 Å². The number of anilines is 1. The molecule has 2 amide bonds. The summed E-state index contributed by atoms with van der Waals surface area (Å²) in [5, 5.41) is 20.2. The van der Waals surface area contributed by atoms with Gasteiger partial charge < -0.3 is 20.5 Å². The summed E-state index contributed by atoms with van der Waals surface area (Å²) < 4.78 is 21.9. The number of hydrogen-bond donors (Lipinski definition) is 4. The molecule has 1 aliphatic carbocycles. The maximum absolute atomic E-state index is 16.1. The molecule has 3 fully saturated rings. The Morgan fingerprint density at radius 3 is 2.55 bits per heavy atom. The van der Waals surface area contributed by atoms with Crippen molar-refractivity contribution in [3.63, 3.8) is 0 Å². The van der Waals surface area contributed by atoms with Crippen LogP contribution in [0.15, 0.2) is 36.4 Å². The van der Waals surface area contributed by atoms with Crippen LogP contribution in [0, 0.1) is 11.2 Å². The number of amides is 2. The first-order chi connectivity index (χ1) is 19.9. The minimum atomic E-state index is -1.29. The van der Waals surface area contributed by atoms with E-state index in [1.165, 1.54) is 6.07 Å². The Labute approximate surface area is 255 Å². The number of hydrogen-bond acceptors (Lipinski definition) is 5. The van der Waals surface area contributed by atoms with Gasteiger partial charge in [0.1, 0.15) is 11.2 Å². The van der Waals surface area contributed by atoms with Crippen LogP contribution in [-0.4, -0.2) is 53.4 Å². The predicted octanol–water partition coefficient (Wildman–Crippen LogP) is 5.46. The SMILES string of the molecule is C[C@@H](O)[C@@H]1CC[C@@H](NC(=O)[C@@H]2NC3(CCC(C)(C)CC3)[C@@]3(C(=O)Nc4cc(Cl)ccc43)[C@H]2c2cccc(Cl)c2F)CO1. The van der Waals surface area contributed by atoms with Crippen molar-refractivity contribution >= 4 is 40.7 Å². The van der Waals surface area contributed by atoms with Gasteiger partial charge in [0.15, 0.2) is 0 Å². The number of aliphatic hydroxyl groups is 1. The highest BCUT2D eigenvalue weighted by Gasteiger charge is 2.73. The zero-order valence-corrected chi connectivity index (χ0v) is 25.6. The highest BCUT2D eigenvalue weighted by atomic mass is 35.5. The summed E-state index contributed by atoms with van der Waals surface area (Å²) >= 11 is 12.7. The lowest BCUT2D eigenvalue weighted by atomic mass is 9.53. The molecule has 0 bridgehead atoms. The van der Waals surface area contributed by atoms with E-state index in [4.69, 9.17) is 27.9 Å². The monoisotopic (exact) mass is 617 g/mol. The second-order valence-corrected chi connectivity index (χ2v) is 14.2. The van der Waals surface area contributed by atoms with Crippen LogP contribution in [0.4, 0.5) is 10.1 Å². The number of rotatable bonds is 4. The standard InChI is InChI=1S/C32H38Cl2FN3O4/c1-17(39)24-10-8-19(16-42-24)36-28(40)27-25(20-5-4-6-22(34)26(20)35)32(31(38-27)13-11-30(2,3)12-14-31)21-9-7-18(33)15-23(21)37-29(32)41/h4-7,9,15,17,19,24-25,27,38-39H,8,10-14,16H2,1-3H3,(H,36,40)(H,37,41)/t17-,19-,24+,25+,27-,32-/m1/s1. The average molecular weight is 619 g/mol. The van der Waals surface area contributed by atoms with Gasteiger partial charge in [-0.3, -0.25) is 14.9 Å². The lowest BCUT2D eigenvalue weighted by Crippen LogP contribution is -2.61. The van der Waals surface area contributed by atoms with Crippen LogP contribution in [0.5, 0.6) is 0 Å². The number of carbonyl (C=O) groups excluding carboxylic acids is 2. The van der Waals surface area contributed by atoms with Gasteiger partial charge in [-0.15, -0.1) is 0 Å². The average Bonchev–Trinajstić information content (AvgIpc) is 3.40. The molecule has 10 heteroatoms. The molecule has 1 saturated carbocycles. The van der Waals surface area contributed by atoms with Crippen LogP contribution in [0.1, 0.15) is 76.3 Å². The summed E-state index contributed by atoms with van der Waals surface area (Å²) in [4.78, 5) is 28.8. The third-order valence-electron chi connectivity index (χ3n) is 10.3. The van der Waals surface area contributed by atoms with Crippen molar-refractivity contribution in [1.82, 2.24) is 10.6 Å². The zero-order valence-electron chi connectivity index (χ0n) is 24.1. The molecule has 2 aromatic carbocycles. The third-order valence-corrected chi connectivity index (χ3v) is 10.8. The number of nitrogens with one attached hydrogen (secondary N) is 3. The van der Waals surface area contributed by atoms with Gasteiger partial charge in [-0.05, 0) is 80.2 Å². The summed E-state index contributed by atoms with van der Waals surface area (Å²) in [5.41, 5.74) is -0.543. The Hall–Kier alpha value is -2.23. The highest BCUT2D eigenvalue weighted by molar-refractivity contribution is 6.31. The normalized spacial score (nSPS) is 32.0. The van der Waals surface area contributed by atoms with Crippen molar-refractivity contribution in [1.29, 1.82) is 0 Å². The first-order valence-corrected chi connectivity index (χ1v) is 15.6. The van der Waals surface area contributed by atoms with E-state index >= 15 is 4.39 Å². The van der Waals surface area contributed by atoms with Gasteiger partial charge in [-0.2, -0.15) is 0 Å². The second kappa shape index (κ2) is 10.7. The summed E-state index contributed by atoms with van der Waals surface area (Å²) in [6, 6.07) is 8.89. The number of ether oxygens (including phenoxy) is 1. The van der Waals surface area contributed by atoms with E-state index in [0.717, 1.165) is 12.8 Å². The second-order valence-electron chi connectivity index (χ2n) is 13.3. The first-order valence-electron chi connectivity index (χ1n) is 14.8. The maximum atomic E-state index is 16.1. The minimum Gasteiger partial charge on any atom is -0.391 e. The quantitative estimate of drug-likeness (QED) is 0.365. The summed E-state index contributed by atoms with van der Waals surface area (Å²) in [6.07, 6.45) is 3.27. The predicted molar refractivity (Wildman–Crippen MR) is 160 cm³/mol. The molecule has 2 saturated heterocycles. The molecule has 2 spiro atoms. The van der Waals surface area contributed by atoms with E-state index in [-0.39, 0.29) is 46.6 Å². The molecule has 3 heterocycles. The van der Waals surface area contributed by atoms with E-state index in [1.807, 2.05) is 6.07 Å². The van der Waals surface area contributed by atoms with E-state index in [9.17, 15) is 14.7 Å². The molecule has 7 nitrogen and oxygen atoms in total. The molecule has 0 aromatic heterocycles. The topological polar surface area (TPSA) is 99.7 Å². The molecule has 226 valence electrons. The van der Waals surface area contributed by atoms with Gasteiger partial charge in [0.2, 0.25) is 11.8 Å². The molecule has 6 rings (SSSR count). The highest BCUT2D eigenvalue weighted by Crippen LogP contribution is 2.64. The molecule has 6 atom stereocenters. The lowest BCUT2D eigenvalue weighted by Gasteiger charge is -2.50. The van der Waals surface area contributed by atoms with E-state index in [1.54, 1.807) is 31.2 Å². The van der Waals surface area contributed by atoms with Gasteiger partial charge in [0.05, 0.1) is 35.9 Å². The minimum absolute atomic E-state index is 0.0585. The Bertz CT molecular complexity index is 1400. The van der Waals surface area contributed by atoms with Gasteiger partial charge in [0.25, 0.3) is 0 Å². The fourth-order valence-corrected chi connectivity index (χ4v) is 8.33. The molecule has 4 aliphatic rings. The van der Waals surface area contributed by atoms with Crippen molar-refractivity contribution in [2.24, 2.45) is 5.41 Å². The van der Waals surface area contributed by atoms with Crippen LogP contribution in [0.25, 0.3) is 0 Å². The molecule has 42 heavy (non-hydrogen) atoms. The Kier molecular flexibility index (Phi) is 7.62. The van der Waals surface area contributed by atoms with E-state index < -0.39 is 34.8 Å². The lowest BCUT2D eigenvalue weighted by molar-refractivity contribution is -0.126. The molecule has 0 radical (unpaired) electrons. The number of halogens is 3. The smallest absolute Gasteiger partial charge is 0.238 e. The first kappa shape index (κ1) is 29.8. The number of aliphatic hydroxyl groups excluding tert-OH is 1. The Balaban J connectivity index is 1.49. The Morgan fingerprint density at radius 1 is 1.14 bits per heavy atom. The largest absolute Gasteiger partial charge is 0.391 e. The van der Waals surface area contributed by atoms with Crippen molar-refractivity contribution < 1.29 is 23.8 Å². The summed E-state index contributed by atoms with van der Waals surface area (Å²) in [5.74, 6) is -2.12. The Morgan fingerprint density at radius 2 is 1.88 bits per heavy atom. The van der Waals surface area contributed by atoms with Gasteiger partial charge >= 0.3 is 0 Å². The molecular formula is C32H38Cl2FN3O4. The summed E-state index contributed by atoms with van der Waals surface area (Å²) in [7, 11) is 0. The fourth-order valence-electron chi connectivity index (χ4n) is 7.97. The van der Waals surface area contributed by atoms with E-state index in [0.29, 0.717) is 42.0 Å². The van der Waals surface area contributed by atoms with E-state index in [2.05, 4.69) is 29.8 Å². The van der Waals surface area contributed by atoms with Crippen LogP contribution >= 0.6 is 23.2 Å². The summed E-state index contributed by atoms with van der Waals surface area (Å²) in [6.45, 7) is 6.38. The number of fused-ring (bicyclic) bond motifs is 3. The molecule has 3 aliphatic heterocycles. The van der Waals surface area contributed by atoms with Gasteiger partial charge in [-0.1, -0.05) is 55.2 Å². The number of carbonyl (C=O) groups is 2. The van der Waals surface area contributed by atoms with Gasteiger partial charge in [0, 0.05) is 22.2 Å². The maximum Gasteiger partial charge on any atom is 0.238 e.